The Kier molecular flexibility index (Phi) is 6.79. The number of nitrogens with zero attached hydrogens (tertiary/aromatic N) is 1. The van der Waals surface area contributed by atoms with Crippen LogP contribution in [-0.4, -0.2) is 32.7 Å². The summed E-state index contributed by atoms with van der Waals surface area (Å²) in [7, 11) is -4.75. The van der Waals surface area contributed by atoms with Gasteiger partial charge in [0.15, 0.2) is 6.61 Å². The molecule has 0 bridgehead atoms. The topological polar surface area (TPSA) is 113 Å². The van der Waals surface area contributed by atoms with Gasteiger partial charge in [-0.15, -0.1) is 0 Å². The second-order valence-electron chi connectivity index (χ2n) is 5.49. The third kappa shape index (κ3) is 5.34. The molecule has 0 saturated carbocycles. The molecule has 0 aliphatic rings. The Labute approximate surface area is 159 Å². The Balaban J connectivity index is 1.91. The zero-order valence-corrected chi connectivity index (χ0v) is 15.1. The van der Waals surface area contributed by atoms with Gasteiger partial charge in [-0.05, 0) is 42.0 Å². The number of anilines is 1. The number of hydrogen-bond acceptors (Lipinski definition) is 6. The van der Waals surface area contributed by atoms with Crippen LogP contribution in [0.3, 0.4) is 0 Å². The minimum Gasteiger partial charge on any atom is -0.452 e. The minimum atomic E-state index is -4.75. The summed E-state index contributed by atoms with van der Waals surface area (Å²) >= 11 is 0. The average Bonchev–Trinajstić information content (AvgIpc) is 2.68. The summed E-state index contributed by atoms with van der Waals surface area (Å²) in [5.41, 5.74) is 1.13. The summed E-state index contributed by atoms with van der Waals surface area (Å²) in [4.78, 5) is 23.1. The lowest BCUT2D eigenvalue weighted by atomic mass is 10.1. The first-order valence-electron chi connectivity index (χ1n) is 7.79. The van der Waals surface area contributed by atoms with E-state index in [1.54, 1.807) is 24.3 Å². The van der Waals surface area contributed by atoms with Crippen molar-refractivity contribution in [3.05, 3.63) is 59.7 Å². The lowest BCUT2D eigenvalue weighted by Crippen LogP contribution is -2.21. The predicted molar refractivity (Wildman–Crippen MR) is 94.3 cm³/mol. The van der Waals surface area contributed by atoms with E-state index < -0.39 is 39.0 Å². The van der Waals surface area contributed by atoms with E-state index in [1.807, 2.05) is 6.07 Å². The Morgan fingerprint density at radius 3 is 2.21 bits per heavy atom. The zero-order valence-electron chi connectivity index (χ0n) is 14.3. The quantitative estimate of drug-likeness (QED) is 0.705. The number of halogens is 2. The number of ether oxygens (including phenoxy) is 1. The number of alkyl halides is 2. The third-order valence-corrected chi connectivity index (χ3v) is 4.91. The highest BCUT2D eigenvalue weighted by Crippen LogP contribution is 2.19. The monoisotopic (exact) mass is 408 g/mol. The maximum absolute atomic E-state index is 12.5. The van der Waals surface area contributed by atoms with Crippen molar-refractivity contribution in [2.75, 3.05) is 11.9 Å². The number of nitrogens with one attached hydrogen (secondary N) is 1. The highest BCUT2D eigenvalue weighted by molar-refractivity contribution is 7.91. The van der Waals surface area contributed by atoms with Gasteiger partial charge >= 0.3 is 11.7 Å². The van der Waals surface area contributed by atoms with Gasteiger partial charge in [-0.2, -0.15) is 14.0 Å². The maximum atomic E-state index is 12.5. The van der Waals surface area contributed by atoms with Gasteiger partial charge in [0.2, 0.25) is 9.84 Å². The van der Waals surface area contributed by atoms with Gasteiger partial charge in [0, 0.05) is 5.69 Å². The molecule has 0 atom stereocenters. The lowest BCUT2D eigenvalue weighted by molar-refractivity contribution is -0.119. The van der Waals surface area contributed by atoms with E-state index in [0.29, 0.717) is 5.69 Å². The van der Waals surface area contributed by atoms with Crippen molar-refractivity contribution in [1.29, 1.82) is 5.26 Å². The van der Waals surface area contributed by atoms with E-state index in [0.717, 1.165) is 29.8 Å². The fraction of sp³-hybridized carbons (Fsp3) is 0.167. The number of sulfone groups is 1. The van der Waals surface area contributed by atoms with E-state index in [1.165, 1.54) is 0 Å². The van der Waals surface area contributed by atoms with E-state index in [4.69, 9.17) is 10.00 Å². The predicted octanol–water partition coefficient (Wildman–Crippen LogP) is 2.54. The fourth-order valence-electron chi connectivity index (χ4n) is 2.09. The molecule has 0 spiro atoms. The first-order chi connectivity index (χ1) is 13.2. The zero-order chi connectivity index (χ0) is 20.7. The van der Waals surface area contributed by atoms with Gasteiger partial charge in [-0.3, -0.25) is 4.79 Å². The molecule has 10 heteroatoms. The van der Waals surface area contributed by atoms with Crippen molar-refractivity contribution in [2.45, 2.75) is 17.1 Å². The molecule has 0 heterocycles. The Bertz CT molecular complexity index is 998. The average molecular weight is 408 g/mol. The normalized spacial score (nSPS) is 10.9. The number of benzene rings is 2. The molecule has 0 aromatic heterocycles. The number of rotatable bonds is 7. The largest absolute Gasteiger partial charge is 0.452 e. The molecule has 0 radical (unpaired) electrons. The highest BCUT2D eigenvalue weighted by atomic mass is 32.2. The molecule has 0 aliphatic heterocycles. The Hall–Kier alpha value is -3.32. The SMILES string of the molecule is N#CCc1ccc(NC(=O)COC(=O)c2ccc(S(=O)(=O)C(F)F)cc2)cc1. The molecule has 0 aliphatic carbocycles. The molecule has 1 N–H and O–H groups in total. The molecule has 2 rings (SSSR count). The number of carbonyl (C=O) groups is 2. The van der Waals surface area contributed by atoms with E-state index >= 15 is 0 Å². The number of nitriles is 1. The van der Waals surface area contributed by atoms with Crippen molar-refractivity contribution in [3.63, 3.8) is 0 Å². The molecule has 0 fully saturated rings. The molecular formula is C18H14F2N2O5S. The molecule has 1 amide bonds. The molecule has 146 valence electrons. The van der Waals surface area contributed by atoms with Crippen LogP contribution in [0.25, 0.3) is 0 Å². The number of amides is 1. The summed E-state index contributed by atoms with van der Waals surface area (Å²) in [6, 6.07) is 12.3. The second kappa shape index (κ2) is 9.05. The van der Waals surface area contributed by atoms with Gasteiger partial charge in [0.1, 0.15) is 0 Å². The summed E-state index contributed by atoms with van der Waals surface area (Å²) in [5, 5.41) is 11.1. The van der Waals surface area contributed by atoms with E-state index in [9.17, 15) is 26.8 Å². The summed E-state index contributed by atoms with van der Waals surface area (Å²) < 4.78 is 52.4. The van der Waals surface area contributed by atoms with Crippen molar-refractivity contribution < 1.29 is 31.5 Å². The second-order valence-corrected chi connectivity index (χ2v) is 7.40. The standard InChI is InChI=1S/C18H14F2N2O5S/c19-18(20)28(25,26)15-7-3-13(4-8-15)17(24)27-11-16(23)22-14-5-1-12(2-6-14)9-10-21/h1-8,18H,9,11H2,(H,22,23). The maximum Gasteiger partial charge on any atom is 0.341 e. The van der Waals surface area contributed by atoms with Gasteiger partial charge in [0.05, 0.1) is 22.9 Å². The number of esters is 1. The molecule has 0 unspecified atom stereocenters. The van der Waals surface area contributed by atoms with Crippen LogP contribution in [0.2, 0.25) is 0 Å². The minimum absolute atomic E-state index is 0.0955. The van der Waals surface area contributed by atoms with Crippen molar-refractivity contribution in [1.82, 2.24) is 0 Å². The summed E-state index contributed by atoms with van der Waals surface area (Å²) in [6.07, 6.45) is 0.239. The van der Waals surface area contributed by atoms with Crippen molar-refractivity contribution >= 4 is 27.4 Å². The van der Waals surface area contributed by atoms with Crippen LogP contribution < -0.4 is 5.32 Å². The van der Waals surface area contributed by atoms with Crippen LogP contribution in [0.4, 0.5) is 14.5 Å². The number of hydrogen-bond donors (Lipinski definition) is 1. The van der Waals surface area contributed by atoms with E-state index in [-0.39, 0.29) is 12.0 Å². The van der Waals surface area contributed by atoms with Crippen LogP contribution in [0, 0.1) is 11.3 Å². The van der Waals surface area contributed by atoms with Crippen LogP contribution in [0.5, 0.6) is 0 Å². The molecule has 7 nitrogen and oxygen atoms in total. The summed E-state index contributed by atoms with van der Waals surface area (Å²) in [6.45, 7) is -0.601. The van der Waals surface area contributed by atoms with Crippen molar-refractivity contribution in [3.8, 4) is 6.07 Å². The molecule has 28 heavy (non-hydrogen) atoms. The molecular weight excluding hydrogens is 394 g/mol. The first-order valence-corrected chi connectivity index (χ1v) is 9.33. The van der Waals surface area contributed by atoms with Crippen LogP contribution in [0.1, 0.15) is 15.9 Å². The molecule has 2 aromatic carbocycles. The van der Waals surface area contributed by atoms with Gasteiger partial charge < -0.3 is 10.1 Å². The molecule has 2 aromatic rings. The van der Waals surface area contributed by atoms with E-state index in [2.05, 4.69) is 5.32 Å². The van der Waals surface area contributed by atoms with Crippen LogP contribution >= 0.6 is 0 Å². The number of carbonyl (C=O) groups excluding carboxylic acids is 2. The highest BCUT2D eigenvalue weighted by Gasteiger charge is 2.26. The smallest absolute Gasteiger partial charge is 0.341 e. The molecule has 0 saturated heterocycles. The van der Waals surface area contributed by atoms with Crippen LogP contribution in [-0.2, 0) is 25.8 Å². The van der Waals surface area contributed by atoms with Crippen molar-refractivity contribution in [2.24, 2.45) is 0 Å². The van der Waals surface area contributed by atoms with Gasteiger partial charge in [0.25, 0.3) is 5.91 Å². The lowest BCUT2D eigenvalue weighted by Gasteiger charge is -2.08. The fourth-order valence-corrected chi connectivity index (χ4v) is 2.81. The van der Waals surface area contributed by atoms with Crippen LogP contribution in [0.15, 0.2) is 53.4 Å². The van der Waals surface area contributed by atoms with Gasteiger partial charge in [-0.25, -0.2) is 13.2 Å². The summed E-state index contributed by atoms with van der Waals surface area (Å²) in [5.74, 6) is -5.10. The van der Waals surface area contributed by atoms with Gasteiger partial charge in [-0.1, -0.05) is 12.1 Å². The Morgan fingerprint density at radius 2 is 1.68 bits per heavy atom. The third-order valence-electron chi connectivity index (χ3n) is 3.51. The first kappa shape index (κ1) is 21.0. The Morgan fingerprint density at radius 1 is 1.07 bits per heavy atom.